The van der Waals surface area contributed by atoms with Gasteiger partial charge in [0.05, 0.1) is 10.6 Å². The highest BCUT2D eigenvalue weighted by Crippen LogP contribution is 2.29. The van der Waals surface area contributed by atoms with Gasteiger partial charge in [-0.1, -0.05) is 103 Å². The Labute approximate surface area is 282 Å². The van der Waals surface area contributed by atoms with Crippen LogP contribution in [-0.4, -0.2) is 44.3 Å². The predicted octanol–water partition coefficient (Wildman–Crippen LogP) is 7.36. The molecule has 0 fully saturated rings. The van der Waals surface area contributed by atoms with Crippen molar-refractivity contribution in [2.75, 3.05) is 17.4 Å². The van der Waals surface area contributed by atoms with E-state index in [0.29, 0.717) is 16.6 Å². The summed E-state index contributed by atoms with van der Waals surface area (Å²) in [6, 6.07) is 26.9. The van der Waals surface area contributed by atoms with Crippen LogP contribution in [0.25, 0.3) is 0 Å². The fourth-order valence-corrected chi connectivity index (χ4v) is 6.66. The van der Waals surface area contributed by atoms with Crippen molar-refractivity contribution in [2.45, 2.75) is 57.5 Å². The molecule has 0 aliphatic carbocycles. The van der Waals surface area contributed by atoms with Gasteiger partial charge in [-0.05, 0) is 73.4 Å². The first-order valence-corrected chi connectivity index (χ1v) is 17.4. The minimum atomic E-state index is -4.22. The lowest BCUT2D eigenvalue weighted by Crippen LogP contribution is -2.53. The highest BCUT2D eigenvalue weighted by Gasteiger charge is 2.34. The summed E-state index contributed by atoms with van der Waals surface area (Å²) in [7, 11) is -4.22. The Morgan fingerprint density at radius 1 is 0.848 bits per heavy atom. The number of carbonyl (C=O) groups excluding carboxylic acids is 2. The number of benzene rings is 4. The number of anilines is 1. The van der Waals surface area contributed by atoms with E-state index in [-0.39, 0.29) is 29.5 Å². The van der Waals surface area contributed by atoms with Crippen LogP contribution < -0.4 is 9.62 Å². The Bertz CT molecular complexity index is 1730. The lowest BCUT2D eigenvalue weighted by molar-refractivity contribution is -0.140. The fourth-order valence-electron chi connectivity index (χ4n) is 4.95. The number of amides is 2. The number of carbonyl (C=O) groups is 2. The zero-order valence-corrected chi connectivity index (χ0v) is 28.6. The Balaban J connectivity index is 1.80. The predicted molar refractivity (Wildman–Crippen MR) is 186 cm³/mol. The largest absolute Gasteiger partial charge is 0.354 e. The van der Waals surface area contributed by atoms with Gasteiger partial charge in [-0.25, -0.2) is 8.42 Å². The first kappa shape index (κ1) is 35.0. The molecule has 0 unspecified atom stereocenters. The van der Waals surface area contributed by atoms with Crippen LogP contribution in [0.3, 0.4) is 0 Å². The molecule has 0 radical (unpaired) electrons. The van der Waals surface area contributed by atoms with Crippen molar-refractivity contribution in [1.29, 1.82) is 0 Å². The molecule has 7 nitrogen and oxygen atoms in total. The molecule has 0 spiro atoms. The molecule has 10 heteroatoms. The van der Waals surface area contributed by atoms with Crippen LogP contribution >= 0.6 is 23.2 Å². The Kier molecular flexibility index (Phi) is 12.3. The molecule has 4 aromatic rings. The van der Waals surface area contributed by atoms with Crippen molar-refractivity contribution in [2.24, 2.45) is 0 Å². The van der Waals surface area contributed by atoms with E-state index in [1.54, 1.807) is 54.6 Å². The van der Waals surface area contributed by atoms with Crippen molar-refractivity contribution in [3.63, 3.8) is 0 Å². The maximum atomic E-state index is 14.5. The normalized spacial score (nSPS) is 11.9. The third-order valence-corrected chi connectivity index (χ3v) is 10.1. The molecule has 0 bridgehead atoms. The van der Waals surface area contributed by atoms with E-state index in [0.717, 1.165) is 39.4 Å². The molecule has 0 aromatic heterocycles. The van der Waals surface area contributed by atoms with E-state index in [1.807, 2.05) is 51.1 Å². The van der Waals surface area contributed by atoms with Crippen LogP contribution in [0.15, 0.2) is 102 Å². The van der Waals surface area contributed by atoms with Gasteiger partial charge in [0, 0.05) is 29.6 Å². The standard InChI is InChI=1S/C36H39Cl2N3O4S/c1-4-5-21-39-36(43)34(22-28-9-7-6-8-10-28)40(24-29-14-16-30(37)17-15-29)35(42)25-41(31-18-13-27(3)33(38)23-31)46(44,45)32-19-11-26(2)12-20-32/h6-20,23,34H,4-5,21-22,24-25H2,1-3H3,(H,39,43)/t34-/m1/s1. The number of halogens is 2. The van der Waals surface area contributed by atoms with E-state index in [2.05, 4.69) is 5.32 Å². The molecule has 1 atom stereocenters. The summed E-state index contributed by atoms with van der Waals surface area (Å²) in [4.78, 5) is 29.9. The first-order chi connectivity index (χ1) is 22.0. The van der Waals surface area contributed by atoms with Crippen molar-refractivity contribution < 1.29 is 18.0 Å². The van der Waals surface area contributed by atoms with Crippen molar-refractivity contribution in [1.82, 2.24) is 10.2 Å². The summed E-state index contributed by atoms with van der Waals surface area (Å²) in [5, 5.41) is 3.89. The van der Waals surface area contributed by atoms with Gasteiger partial charge in [-0.3, -0.25) is 13.9 Å². The number of aryl methyl sites for hydroxylation is 2. The third-order valence-electron chi connectivity index (χ3n) is 7.70. The van der Waals surface area contributed by atoms with Crippen LogP contribution in [0.2, 0.25) is 10.0 Å². The zero-order chi connectivity index (χ0) is 33.3. The summed E-state index contributed by atoms with van der Waals surface area (Å²) in [5.74, 6) is -0.861. The zero-order valence-electron chi connectivity index (χ0n) is 26.2. The van der Waals surface area contributed by atoms with E-state index in [4.69, 9.17) is 23.2 Å². The Morgan fingerprint density at radius 3 is 2.15 bits per heavy atom. The maximum absolute atomic E-state index is 14.5. The second kappa shape index (κ2) is 16.1. The van der Waals surface area contributed by atoms with Gasteiger partial charge < -0.3 is 10.2 Å². The van der Waals surface area contributed by atoms with E-state index in [1.165, 1.54) is 17.0 Å². The minimum absolute atomic E-state index is 0.0324. The van der Waals surface area contributed by atoms with Crippen LogP contribution in [-0.2, 0) is 32.6 Å². The van der Waals surface area contributed by atoms with Crippen LogP contribution in [0, 0.1) is 13.8 Å². The van der Waals surface area contributed by atoms with E-state index in [9.17, 15) is 18.0 Å². The van der Waals surface area contributed by atoms with Gasteiger partial charge in [0.15, 0.2) is 0 Å². The van der Waals surface area contributed by atoms with Crippen LogP contribution in [0.1, 0.15) is 42.0 Å². The third kappa shape index (κ3) is 9.12. The lowest BCUT2D eigenvalue weighted by atomic mass is 10.0. The van der Waals surface area contributed by atoms with E-state index < -0.39 is 28.5 Å². The topological polar surface area (TPSA) is 86.8 Å². The molecule has 0 saturated carbocycles. The average Bonchev–Trinajstić information content (AvgIpc) is 3.04. The number of unbranched alkanes of at least 4 members (excludes halogenated alkanes) is 1. The monoisotopic (exact) mass is 679 g/mol. The van der Waals surface area contributed by atoms with Crippen LogP contribution in [0.4, 0.5) is 5.69 Å². The number of nitrogens with zero attached hydrogens (tertiary/aromatic N) is 2. The molecule has 4 aromatic carbocycles. The molecule has 2 amide bonds. The molecule has 46 heavy (non-hydrogen) atoms. The van der Waals surface area contributed by atoms with Crippen molar-refractivity contribution in [3.05, 3.63) is 129 Å². The number of hydrogen-bond donors (Lipinski definition) is 1. The first-order valence-electron chi connectivity index (χ1n) is 15.2. The molecule has 0 aliphatic rings. The van der Waals surface area contributed by atoms with Crippen molar-refractivity contribution in [3.8, 4) is 0 Å². The smallest absolute Gasteiger partial charge is 0.264 e. The Morgan fingerprint density at radius 2 is 1.52 bits per heavy atom. The second-order valence-corrected chi connectivity index (χ2v) is 14.0. The highest BCUT2D eigenvalue weighted by atomic mass is 35.5. The SMILES string of the molecule is CCCCNC(=O)[C@@H](Cc1ccccc1)N(Cc1ccc(Cl)cc1)C(=O)CN(c1ccc(C)c(Cl)c1)S(=O)(=O)c1ccc(C)cc1. The number of rotatable bonds is 14. The lowest BCUT2D eigenvalue weighted by Gasteiger charge is -2.34. The quantitative estimate of drug-likeness (QED) is 0.141. The molecule has 1 N–H and O–H groups in total. The van der Waals surface area contributed by atoms with Gasteiger partial charge >= 0.3 is 0 Å². The fraction of sp³-hybridized carbons (Fsp3) is 0.278. The summed E-state index contributed by atoms with van der Waals surface area (Å²) in [6.45, 7) is 5.67. The second-order valence-electron chi connectivity index (χ2n) is 11.3. The molecule has 0 aliphatic heterocycles. The minimum Gasteiger partial charge on any atom is -0.354 e. The molecule has 242 valence electrons. The summed E-state index contributed by atoms with van der Waals surface area (Å²) >= 11 is 12.6. The molecule has 4 rings (SSSR count). The van der Waals surface area contributed by atoms with Gasteiger partial charge in [0.2, 0.25) is 11.8 Å². The Hall–Kier alpha value is -3.85. The average molecular weight is 681 g/mol. The molecule has 0 heterocycles. The summed E-state index contributed by atoms with van der Waals surface area (Å²) in [5.41, 5.74) is 3.50. The summed E-state index contributed by atoms with van der Waals surface area (Å²) in [6.07, 6.45) is 1.91. The van der Waals surface area contributed by atoms with Gasteiger partial charge in [-0.15, -0.1) is 0 Å². The molecule has 0 saturated heterocycles. The van der Waals surface area contributed by atoms with Crippen LogP contribution in [0.5, 0.6) is 0 Å². The highest BCUT2D eigenvalue weighted by molar-refractivity contribution is 7.92. The number of nitrogens with one attached hydrogen (secondary N) is 1. The maximum Gasteiger partial charge on any atom is 0.264 e. The van der Waals surface area contributed by atoms with E-state index >= 15 is 0 Å². The number of sulfonamides is 1. The van der Waals surface area contributed by atoms with Gasteiger partial charge in [-0.2, -0.15) is 0 Å². The van der Waals surface area contributed by atoms with Crippen molar-refractivity contribution >= 4 is 50.7 Å². The molecular formula is C36H39Cl2N3O4S. The summed E-state index contributed by atoms with van der Waals surface area (Å²) < 4.78 is 29.4. The number of hydrogen-bond acceptors (Lipinski definition) is 4. The van der Waals surface area contributed by atoms with Gasteiger partial charge in [0.1, 0.15) is 12.6 Å². The van der Waals surface area contributed by atoms with Gasteiger partial charge in [0.25, 0.3) is 10.0 Å². The molecular weight excluding hydrogens is 641 g/mol.